The molecule has 22 heavy (non-hydrogen) atoms. The van der Waals surface area contributed by atoms with Crippen molar-refractivity contribution in [2.45, 2.75) is 38.6 Å². The molecule has 1 heterocycles. The molecule has 2 aromatic rings. The number of oxazole rings is 1. The number of benzene rings is 1. The summed E-state index contributed by atoms with van der Waals surface area (Å²) in [5, 5.41) is 3.20. The Hall–Kier alpha value is -2.10. The third-order valence-corrected chi connectivity index (χ3v) is 4.59. The zero-order valence-electron chi connectivity index (χ0n) is 12.7. The SMILES string of the molecule is Cc1oc(-c2ccccc2)nc1C(=O)NC(C1CC1)C1CC1. The van der Waals surface area contributed by atoms with E-state index in [-0.39, 0.29) is 5.91 Å². The fraction of sp³-hybridized carbons (Fsp3) is 0.444. The molecule has 1 aromatic heterocycles. The standard InChI is InChI=1S/C18H20N2O2/c1-11-15(20-18(22-11)14-5-3-2-4-6-14)17(21)19-16(12-7-8-12)13-9-10-13/h2-6,12-13,16H,7-10H2,1H3,(H,19,21). The van der Waals surface area contributed by atoms with Crippen molar-refractivity contribution in [2.75, 3.05) is 0 Å². The average Bonchev–Trinajstić information content (AvgIpc) is 3.44. The van der Waals surface area contributed by atoms with E-state index in [2.05, 4.69) is 10.3 Å². The number of carbonyl (C=O) groups excluding carboxylic acids is 1. The van der Waals surface area contributed by atoms with Crippen molar-refractivity contribution in [1.29, 1.82) is 0 Å². The van der Waals surface area contributed by atoms with Crippen LogP contribution >= 0.6 is 0 Å². The minimum atomic E-state index is -0.0905. The minimum absolute atomic E-state index is 0.0905. The minimum Gasteiger partial charge on any atom is -0.441 e. The highest BCUT2D eigenvalue weighted by molar-refractivity contribution is 5.94. The van der Waals surface area contributed by atoms with Crippen LogP contribution in [-0.4, -0.2) is 16.9 Å². The Kier molecular flexibility index (Phi) is 3.25. The van der Waals surface area contributed by atoms with E-state index >= 15 is 0 Å². The van der Waals surface area contributed by atoms with E-state index < -0.39 is 0 Å². The second-order valence-electron chi connectivity index (χ2n) is 6.46. The van der Waals surface area contributed by atoms with Crippen LogP contribution in [0.25, 0.3) is 11.5 Å². The van der Waals surface area contributed by atoms with Gasteiger partial charge in [-0.2, -0.15) is 0 Å². The number of aromatic nitrogens is 1. The first-order chi connectivity index (χ1) is 10.7. The summed E-state index contributed by atoms with van der Waals surface area (Å²) in [6.45, 7) is 1.80. The van der Waals surface area contributed by atoms with Crippen molar-refractivity contribution in [3.8, 4) is 11.5 Å². The van der Waals surface area contributed by atoms with Gasteiger partial charge in [0.1, 0.15) is 5.76 Å². The number of nitrogens with one attached hydrogen (secondary N) is 1. The molecule has 0 bridgehead atoms. The highest BCUT2D eigenvalue weighted by Crippen LogP contribution is 2.44. The summed E-state index contributed by atoms with van der Waals surface area (Å²) in [7, 11) is 0. The topological polar surface area (TPSA) is 55.1 Å². The van der Waals surface area contributed by atoms with Crippen LogP contribution in [0.15, 0.2) is 34.7 Å². The zero-order valence-corrected chi connectivity index (χ0v) is 12.7. The maximum atomic E-state index is 12.6. The van der Waals surface area contributed by atoms with Crippen molar-refractivity contribution < 1.29 is 9.21 Å². The molecule has 2 fully saturated rings. The summed E-state index contributed by atoms with van der Waals surface area (Å²) < 4.78 is 5.68. The third kappa shape index (κ3) is 2.65. The van der Waals surface area contributed by atoms with Gasteiger partial charge in [0.2, 0.25) is 5.89 Å². The number of hydrogen-bond donors (Lipinski definition) is 1. The van der Waals surface area contributed by atoms with Gasteiger partial charge in [-0.05, 0) is 56.6 Å². The predicted molar refractivity (Wildman–Crippen MR) is 83.4 cm³/mol. The monoisotopic (exact) mass is 296 g/mol. The Morgan fingerprint density at radius 2 is 1.82 bits per heavy atom. The highest BCUT2D eigenvalue weighted by Gasteiger charge is 2.42. The molecule has 2 aliphatic carbocycles. The van der Waals surface area contributed by atoms with Gasteiger partial charge in [0.15, 0.2) is 5.69 Å². The van der Waals surface area contributed by atoms with Crippen molar-refractivity contribution in [3.63, 3.8) is 0 Å². The van der Waals surface area contributed by atoms with Crippen molar-refractivity contribution in [3.05, 3.63) is 41.8 Å². The lowest BCUT2D eigenvalue weighted by atomic mass is 10.1. The predicted octanol–water partition coefficient (Wildman–Crippen LogP) is 3.57. The lowest BCUT2D eigenvalue weighted by Gasteiger charge is -2.16. The normalized spacial score (nSPS) is 17.7. The van der Waals surface area contributed by atoms with E-state index in [0.29, 0.717) is 35.2 Å². The molecule has 0 saturated heterocycles. The van der Waals surface area contributed by atoms with E-state index in [1.54, 1.807) is 6.92 Å². The first-order valence-corrected chi connectivity index (χ1v) is 8.06. The summed E-state index contributed by atoms with van der Waals surface area (Å²) in [6.07, 6.45) is 4.98. The van der Waals surface area contributed by atoms with Crippen molar-refractivity contribution >= 4 is 5.91 Å². The van der Waals surface area contributed by atoms with Crippen LogP contribution in [0, 0.1) is 18.8 Å². The molecule has 1 aromatic carbocycles. The van der Waals surface area contributed by atoms with Gasteiger partial charge in [0.05, 0.1) is 0 Å². The second-order valence-corrected chi connectivity index (χ2v) is 6.46. The number of rotatable bonds is 5. The number of carbonyl (C=O) groups is 1. The first kappa shape index (κ1) is 13.6. The first-order valence-electron chi connectivity index (χ1n) is 8.06. The van der Waals surface area contributed by atoms with E-state index in [1.807, 2.05) is 30.3 Å². The summed E-state index contributed by atoms with van der Waals surface area (Å²) >= 11 is 0. The van der Waals surface area contributed by atoms with Gasteiger partial charge < -0.3 is 9.73 Å². The molecule has 0 unspecified atom stereocenters. The Bertz CT molecular complexity index is 672. The lowest BCUT2D eigenvalue weighted by Crippen LogP contribution is -2.38. The van der Waals surface area contributed by atoms with Crippen LogP contribution in [0.2, 0.25) is 0 Å². The molecule has 4 nitrogen and oxygen atoms in total. The largest absolute Gasteiger partial charge is 0.441 e. The number of aryl methyl sites for hydroxylation is 1. The van der Waals surface area contributed by atoms with Gasteiger partial charge in [0.25, 0.3) is 5.91 Å². The Morgan fingerprint density at radius 1 is 1.18 bits per heavy atom. The second kappa shape index (κ2) is 5.27. The maximum Gasteiger partial charge on any atom is 0.273 e. The van der Waals surface area contributed by atoms with Gasteiger partial charge in [-0.25, -0.2) is 4.98 Å². The summed E-state index contributed by atoms with van der Waals surface area (Å²) in [4.78, 5) is 17.0. The summed E-state index contributed by atoms with van der Waals surface area (Å²) in [6, 6.07) is 10.0. The van der Waals surface area contributed by atoms with E-state index in [0.717, 1.165) is 5.56 Å². The van der Waals surface area contributed by atoms with Gasteiger partial charge in [-0.3, -0.25) is 4.79 Å². The third-order valence-electron chi connectivity index (χ3n) is 4.59. The molecule has 0 aliphatic heterocycles. The van der Waals surface area contributed by atoms with Gasteiger partial charge >= 0.3 is 0 Å². The van der Waals surface area contributed by atoms with Crippen LogP contribution in [0.5, 0.6) is 0 Å². The van der Waals surface area contributed by atoms with Crippen LogP contribution in [0.1, 0.15) is 41.9 Å². The molecule has 0 radical (unpaired) electrons. The van der Waals surface area contributed by atoms with Crippen molar-refractivity contribution in [1.82, 2.24) is 10.3 Å². The molecule has 2 saturated carbocycles. The summed E-state index contributed by atoms with van der Waals surface area (Å²) in [5.74, 6) is 2.36. The molecule has 4 heteroatoms. The van der Waals surface area contributed by atoms with Gasteiger partial charge in [-0.15, -0.1) is 0 Å². The Morgan fingerprint density at radius 3 is 2.41 bits per heavy atom. The molecule has 4 rings (SSSR count). The van der Waals surface area contributed by atoms with Crippen LogP contribution < -0.4 is 5.32 Å². The maximum absolute atomic E-state index is 12.6. The fourth-order valence-corrected chi connectivity index (χ4v) is 3.06. The van der Waals surface area contributed by atoms with Crippen molar-refractivity contribution in [2.24, 2.45) is 11.8 Å². The molecule has 0 atom stereocenters. The quantitative estimate of drug-likeness (QED) is 0.917. The van der Waals surface area contributed by atoms with Crippen LogP contribution in [-0.2, 0) is 0 Å². The van der Waals surface area contributed by atoms with Crippen LogP contribution in [0.4, 0.5) is 0 Å². The number of amides is 1. The van der Waals surface area contributed by atoms with Gasteiger partial charge in [-0.1, -0.05) is 18.2 Å². The van der Waals surface area contributed by atoms with E-state index in [1.165, 1.54) is 25.7 Å². The van der Waals surface area contributed by atoms with E-state index in [9.17, 15) is 4.79 Å². The Balaban J connectivity index is 1.54. The summed E-state index contributed by atoms with van der Waals surface area (Å²) in [5.41, 5.74) is 1.32. The molecule has 0 spiro atoms. The smallest absolute Gasteiger partial charge is 0.273 e. The Labute approximate surface area is 129 Å². The average molecular weight is 296 g/mol. The molecule has 1 N–H and O–H groups in total. The number of nitrogens with zero attached hydrogens (tertiary/aromatic N) is 1. The lowest BCUT2D eigenvalue weighted by molar-refractivity contribution is 0.0920. The molecule has 114 valence electrons. The highest BCUT2D eigenvalue weighted by atomic mass is 16.4. The van der Waals surface area contributed by atoms with Crippen LogP contribution in [0.3, 0.4) is 0 Å². The molecule has 2 aliphatic rings. The van der Waals surface area contributed by atoms with E-state index in [4.69, 9.17) is 4.42 Å². The zero-order chi connectivity index (χ0) is 15.1. The molecular formula is C18H20N2O2. The molecule has 1 amide bonds. The van der Waals surface area contributed by atoms with Gasteiger partial charge in [0, 0.05) is 11.6 Å². The fourth-order valence-electron chi connectivity index (χ4n) is 3.06. The molecular weight excluding hydrogens is 276 g/mol. The number of hydrogen-bond acceptors (Lipinski definition) is 3.